The Morgan fingerprint density at radius 1 is 1.33 bits per heavy atom. The fourth-order valence-electron chi connectivity index (χ4n) is 1.48. The first-order valence-corrected chi connectivity index (χ1v) is 5.72. The van der Waals surface area contributed by atoms with Crippen molar-refractivity contribution in [1.29, 1.82) is 0 Å². The third kappa shape index (κ3) is 4.28. The molecule has 1 heteroatoms. The Labute approximate surface area is 94.3 Å². The average molecular weight is 205 g/mol. The van der Waals surface area contributed by atoms with Crippen molar-refractivity contribution in [2.45, 2.75) is 41.0 Å². The van der Waals surface area contributed by atoms with Crippen molar-refractivity contribution in [3.05, 3.63) is 35.6 Å². The van der Waals surface area contributed by atoms with Crippen LogP contribution in [0.3, 0.4) is 0 Å². The highest BCUT2D eigenvalue weighted by atomic mass is 14.7. The van der Waals surface area contributed by atoms with Gasteiger partial charge in [-0.1, -0.05) is 46.4 Å². The summed E-state index contributed by atoms with van der Waals surface area (Å²) >= 11 is 0. The molecule has 0 heterocycles. The largest absolute Gasteiger partial charge is 0.265 e. The maximum atomic E-state index is 4.38. The minimum Gasteiger partial charge on any atom is -0.265 e. The molecule has 1 aliphatic rings. The first-order valence-electron chi connectivity index (χ1n) is 5.72. The van der Waals surface area contributed by atoms with E-state index in [1.165, 1.54) is 11.3 Å². The lowest BCUT2D eigenvalue weighted by atomic mass is 9.92. The molecule has 0 bridgehead atoms. The van der Waals surface area contributed by atoms with Gasteiger partial charge < -0.3 is 0 Å². The highest BCUT2D eigenvalue weighted by Gasteiger charge is 2.11. The van der Waals surface area contributed by atoms with Crippen LogP contribution in [-0.4, -0.2) is 6.21 Å². The van der Waals surface area contributed by atoms with Crippen molar-refractivity contribution in [3.63, 3.8) is 0 Å². The zero-order valence-electron chi connectivity index (χ0n) is 10.7. The van der Waals surface area contributed by atoms with E-state index in [2.05, 4.69) is 37.6 Å². The summed E-state index contributed by atoms with van der Waals surface area (Å²) in [5, 5.41) is 0. The lowest BCUT2D eigenvalue weighted by Crippen LogP contribution is -2.01. The summed E-state index contributed by atoms with van der Waals surface area (Å²) < 4.78 is 0. The summed E-state index contributed by atoms with van der Waals surface area (Å²) in [6.45, 7) is 14.3. The molecule has 0 N–H and O–H groups in total. The van der Waals surface area contributed by atoms with Crippen molar-refractivity contribution in [3.8, 4) is 0 Å². The molecule has 84 valence electrons. The van der Waals surface area contributed by atoms with Gasteiger partial charge >= 0.3 is 0 Å². The van der Waals surface area contributed by atoms with Crippen LogP contribution in [0, 0.1) is 5.92 Å². The lowest BCUT2D eigenvalue weighted by molar-refractivity contribution is 0.766. The predicted molar refractivity (Wildman–Crippen MR) is 70.3 cm³/mol. The summed E-state index contributed by atoms with van der Waals surface area (Å²) in [6.07, 6.45) is 6.97. The minimum atomic E-state index is 0.544. The number of allylic oxidation sites excluding steroid dienone is 4. The molecule has 0 radical (unpaired) electrons. The Kier molecular flexibility index (Phi) is 6.68. The number of rotatable bonds is 2. The molecule has 0 saturated carbocycles. The third-order valence-electron chi connectivity index (χ3n) is 2.13. The minimum absolute atomic E-state index is 0.544. The number of hydrogen-bond acceptors (Lipinski definition) is 1. The fourth-order valence-corrected chi connectivity index (χ4v) is 1.48. The molecule has 0 aromatic rings. The molecule has 15 heavy (non-hydrogen) atoms. The molecule has 0 fully saturated rings. The quantitative estimate of drug-likeness (QED) is 0.587. The van der Waals surface area contributed by atoms with Crippen molar-refractivity contribution in [1.82, 2.24) is 0 Å². The van der Waals surface area contributed by atoms with Crippen LogP contribution < -0.4 is 0 Å². The standard InChI is InChI=1S/C12H17N.C2H6/c1-5-13-12-8-10(4)6-7-11(12)9(2)3;1-2/h5-7,9H,4,8H2,1-3H3;1-2H3. The molecule has 0 spiro atoms. The predicted octanol–water partition coefficient (Wildman–Crippen LogP) is 4.53. The number of nitrogens with zero attached hydrogens (tertiary/aromatic N) is 1. The van der Waals surface area contributed by atoms with E-state index in [-0.39, 0.29) is 0 Å². The van der Waals surface area contributed by atoms with Gasteiger partial charge in [-0.05, 0) is 24.0 Å². The Morgan fingerprint density at radius 3 is 2.40 bits per heavy atom. The van der Waals surface area contributed by atoms with E-state index in [1.54, 1.807) is 0 Å². The van der Waals surface area contributed by atoms with Gasteiger partial charge in [0, 0.05) is 18.3 Å². The highest BCUT2D eigenvalue weighted by Crippen LogP contribution is 2.27. The Balaban J connectivity index is 0.000000921. The van der Waals surface area contributed by atoms with Crippen LogP contribution in [-0.2, 0) is 0 Å². The zero-order valence-corrected chi connectivity index (χ0v) is 10.7. The maximum absolute atomic E-state index is 4.38. The van der Waals surface area contributed by atoms with E-state index in [0.717, 1.165) is 12.0 Å². The molecule has 0 unspecified atom stereocenters. The monoisotopic (exact) mass is 205 g/mol. The van der Waals surface area contributed by atoms with Crippen LogP contribution in [0.15, 0.2) is 40.6 Å². The van der Waals surface area contributed by atoms with E-state index in [0.29, 0.717) is 5.92 Å². The molecule has 0 amide bonds. The van der Waals surface area contributed by atoms with Crippen LogP contribution in [0.25, 0.3) is 0 Å². The van der Waals surface area contributed by atoms with Crippen LogP contribution in [0.4, 0.5) is 0 Å². The molecule has 0 aromatic heterocycles. The van der Waals surface area contributed by atoms with Crippen molar-refractivity contribution >= 4 is 6.21 Å². The van der Waals surface area contributed by atoms with Gasteiger partial charge in [-0.25, -0.2) is 0 Å². The summed E-state index contributed by atoms with van der Waals surface area (Å²) in [5.41, 5.74) is 3.65. The van der Waals surface area contributed by atoms with Gasteiger partial charge in [-0.2, -0.15) is 0 Å². The molecule has 0 saturated heterocycles. The molecule has 0 atom stereocenters. The number of hydrogen-bond donors (Lipinski definition) is 0. The van der Waals surface area contributed by atoms with Gasteiger partial charge in [0.2, 0.25) is 0 Å². The third-order valence-corrected chi connectivity index (χ3v) is 2.13. The first-order chi connectivity index (χ1) is 7.15. The van der Waals surface area contributed by atoms with Crippen LogP contribution in [0.5, 0.6) is 0 Å². The molecule has 0 aliphatic heterocycles. The van der Waals surface area contributed by atoms with Crippen molar-refractivity contribution < 1.29 is 0 Å². The van der Waals surface area contributed by atoms with Gasteiger partial charge in [0.05, 0.1) is 0 Å². The SMILES string of the molecule is C=C1C=CC(C(C)C)=C(N=CC)C1.CC. The average Bonchev–Trinajstić information content (AvgIpc) is 2.21. The Morgan fingerprint density at radius 2 is 1.93 bits per heavy atom. The molecule has 0 aromatic carbocycles. The van der Waals surface area contributed by atoms with Crippen LogP contribution in [0.1, 0.15) is 41.0 Å². The lowest BCUT2D eigenvalue weighted by Gasteiger charge is -2.16. The Bertz CT molecular complexity index is 290. The molecule has 1 rings (SSSR count). The summed E-state index contributed by atoms with van der Waals surface area (Å²) in [5.74, 6) is 0.544. The van der Waals surface area contributed by atoms with Crippen LogP contribution >= 0.6 is 0 Å². The van der Waals surface area contributed by atoms with Gasteiger partial charge in [-0.3, -0.25) is 4.99 Å². The van der Waals surface area contributed by atoms with E-state index in [4.69, 9.17) is 0 Å². The van der Waals surface area contributed by atoms with Crippen molar-refractivity contribution in [2.75, 3.05) is 0 Å². The molecular weight excluding hydrogens is 182 g/mol. The van der Waals surface area contributed by atoms with Crippen molar-refractivity contribution in [2.24, 2.45) is 10.9 Å². The second kappa shape index (κ2) is 7.22. The molecule has 1 aliphatic carbocycles. The number of aliphatic imine (C=N–C) groups is 1. The van der Waals surface area contributed by atoms with Crippen LogP contribution in [0.2, 0.25) is 0 Å². The molecule has 1 nitrogen and oxygen atoms in total. The van der Waals surface area contributed by atoms with Gasteiger partial charge in [-0.15, -0.1) is 0 Å². The second-order valence-corrected chi connectivity index (χ2v) is 3.61. The zero-order chi connectivity index (χ0) is 11.8. The second-order valence-electron chi connectivity index (χ2n) is 3.61. The van der Waals surface area contributed by atoms with E-state index < -0.39 is 0 Å². The topological polar surface area (TPSA) is 12.4 Å². The van der Waals surface area contributed by atoms with Gasteiger partial charge in [0.25, 0.3) is 0 Å². The summed E-state index contributed by atoms with van der Waals surface area (Å²) in [6, 6.07) is 0. The van der Waals surface area contributed by atoms with Gasteiger partial charge in [0.1, 0.15) is 0 Å². The molecular formula is C14H23N. The fraction of sp³-hybridized carbons (Fsp3) is 0.500. The Hall–Kier alpha value is -1.11. The van der Waals surface area contributed by atoms with Gasteiger partial charge in [0.15, 0.2) is 0 Å². The highest BCUT2D eigenvalue weighted by molar-refractivity contribution is 5.57. The summed E-state index contributed by atoms with van der Waals surface area (Å²) in [7, 11) is 0. The smallest absolute Gasteiger partial charge is 0.0477 e. The maximum Gasteiger partial charge on any atom is 0.0477 e. The van der Waals surface area contributed by atoms with E-state index in [9.17, 15) is 0 Å². The van der Waals surface area contributed by atoms with E-state index >= 15 is 0 Å². The normalized spacial score (nSPS) is 16.0. The van der Waals surface area contributed by atoms with E-state index in [1.807, 2.05) is 27.0 Å². The summed E-state index contributed by atoms with van der Waals surface area (Å²) in [4.78, 5) is 4.38. The first kappa shape index (κ1) is 13.9.